The first kappa shape index (κ1) is 24.6. The smallest absolute Gasteiger partial charge is 0.354 e. The minimum Gasteiger partial charge on any atom is -0.477 e. The fourth-order valence-electron chi connectivity index (χ4n) is 3.25. The van der Waals surface area contributed by atoms with Crippen LogP contribution in [-0.4, -0.2) is 81.2 Å². The molecule has 0 aliphatic carbocycles. The number of pyridine rings is 2. The second-order valence-electron chi connectivity index (χ2n) is 6.94. The molecule has 0 bridgehead atoms. The predicted molar refractivity (Wildman–Crippen MR) is 106 cm³/mol. The molecule has 0 spiro atoms. The van der Waals surface area contributed by atoms with Crippen molar-refractivity contribution >= 4 is 11.9 Å². The van der Waals surface area contributed by atoms with Crippen LogP contribution in [0, 0.1) is 36.9 Å². The third-order valence-corrected chi connectivity index (χ3v) is 4.77. The van der Waals surface area contributed by atoms with Crippen LogP contribution in [0.2, 0.25) is 0 Å². The van der Waals surface area contributed by atoms with Crippen LogP contribution in [0.5, 0.6) is 0 Å². The van der Waals surface area contributed by atoms with Gasteiger partial charge in [0.25, 0.3) is 0 Å². The molecule has 10 heteroatoms. The Hall–Kier alpha value is -1.65. The van der Waals surface area contributed by atoms with E-state index >= 15 is 0 Å². The molecule has 169 valence electrons. The van der Waals surface area contributed by atoms with Gasteiger partial charge in [-0.15, -0.1) is 0 Å². The number of carboxylic acid groups (broad SMARTS) is 2. The minimum absolute atomic E-state index is 0. The van der Waals surface area contributed by atoms with Gasteiger partial charge < -0.3 is 15.5 Å². The molecule has 2 aromatic heterocycles. The molecule has 9 nitrogen and oxygen atoms in total. The van der Waals surface area contributed by atoms with Gasteiger partial charge in [-0.2, -0.15) is 0 Å². The molecule has 0 unspecified atom stereocenters. The van der Waals surface area contributed by atoms with Crippen molar-refractivity contribution in [3.8, 4) is 0 Å². The van der Waals surface area contributed by atoms with Gasteiger partial charge in [0.1, 0.15) is 11.4 Å². The summed E-state index contributed by atoms with van der Waals surface area (Å²) in [5.41, 5.74) is 1.56. The molecule has 30 heavy (non-hydrogen) atoms. The maximum atomic E-state index is 11.1. The molecular formula is C20H25LuN5O4. The van der Waals surface area contributed by atoms with E-state index in [2.05, 4.69) is 25.1 Å². The zero-order chi connectivity index (χ0) is 20.6. The number of hydrogen-bond acceptors (Lipinski definition) is 7. The third-order valence-electron chi connectivity index (χ3n) is 4.77. The average Bonchev–Trinajstić information content (AvgIpc) is 2.81. The Labute approximate surface area is 204 Å². The molecule has 2 aromatic rings. The Morgan fingerprint density at radius 3 is 1.63 bits per heavy atom. The van der Waals surface area contributed by atoms with Crippen molar-refractivity contribution < 1.29 is 56.7 Å². The Bertz CT molecular complexity index is 797. The number of hydrogen-bond donors (Lipinski definition) is 3. The van der Waals surface area contributed by atoms with Crippen LogP contribution in [0.25, 0.3) is 0 Å². The molecule has 1 aliphatic rings. The summed E-state index contributed by atoms with van der Waals surface area (Å²) in [7, 11) is 0. The van der Waals surface area contributed by atoms with Crippen molar-refractivity contribution in [1.29, 1.82) is 0 Å². The number of nitrogens with zero attached hydrogens (tertiary/aromatic N) is 4. The van der Waals surface area contributed by atoms with Gasteiger partial charge in [-0.1, -0.05) is 12.1 Å². The van der Waals surface area contributed by atoms with Crippen LogP contribution >= 0.6 is 0 Å². The van der Waals surface area contributed by atoms with Gasteiger partial charge in [0.15, 0.2) is 0 Å². The fraction of sp³-hybridized carbons (Fsp3) is 0.400. The van der Waals surface area contributed by atoms with Crippen LogP contribution in [0.3, 0.4) is 0 Å². The molecule has 1 radical (unpaired) electrons. The Morgan fingerprint density at radius 1 is 0.800 bits per heavy atom. The summed E-state index contributed by atoms with van der Waals surface area (Å²) < 4.78 is 0. The SMILES string of the molecule is O=C(O)c1cccc(CN2CCNCCN(Cc3cccc(C(=O)O)n3)CC2)n1.[Lu]. The van der Waals surface area contributed by atoms with E-state index in [-0.39, 0.29) is 48.3 Å². The molecule has 1 aliphatic heterocycles. The number of carbonyl (C=O) groups is 2. The van der Waals surface area contributed by atoms with Crippen molar-refractivity contribution in [2.75, 3.05) is 39.3 Å². The van der Waals surface area contributed by atoms with E-state index in [1.807, 2.05) is 12.1 Å². The summed E-state index contributed by atoms with van der Waals surface area (Å²) in [6, 6.07) is 10.1. The normalized spacial score (nSPS) is 16.0. The summed E-state index contributed by atoms with van der Waals surface area (Å²) in [6.45, 7) is 6.06. The quantitative estimate of drug-likeness (QED) is 0.460. The minimum atomic E-state index is -1.03. The topological polar surface area (TPSA) is 119 Å². The third kappa shape index (κ3) is 7.55. The molecule has 0 amide bonds. The molecule has 0 atom stereocenters. The monoisotopic (exact) mass is 574 g/mol. The van der Waals surface area contributed by atoms with Gasteiger partial charge in [0.05, 0.1) is 11.4 Å². The van der Waals surface area contributed by atoms with Crippen molar-refractivity contribution in [2.24, 2.45) is 0 Å². The average molecular weight is 574 g/mol. The van der Waals surface area contributed by atoms with E-state index in [0.29, 0.717) is 13.1 Å². The molecule has 0 aromatic carbocycles. The number of rotatable bonds is 6. The first-order valence-corrected chi connectivity index (χ1v) is 9.55. The first-order chi connectivity index (χ1) is 14.0. The predicted octanol–water partition coefficient (Wildman–Crippen LogP) is 0.780. The molecule has 3 rings (SSSR count). The molecular weight excluding hydrogens is 549 g/mol. The number of aromatic carboxylic acids is 2. The van der Waals surface area contributed by atoms with Crippen LogP contribution in [0.1, 0.15) is 32.4 Å². The standard InChI is InChI=1S/C20H25N5O4.Lu/c26-19(27)17-5-1-3-15(22-17)13-24-9-7-21-8-10-25(12-11-24)14-16-4-2-6-18(23-16)20(28)29;/h1-6,21H,7-14H2,(H,26,27)(H,28,29);. The van der Waals surface area contributed by atoms with Crippen LogP contribution in [0.4, 0.5) is 0 Å². The van der Waals surface area contributed by atoms with E-state index in [9.17, 15) is 9.59 Å². The van der Waals surface area contributed by atoms with E-state index in [4.69, 9.17) is 10.2 Å². The largest absolute Gasteiger partial charge is 0.477 e. The molecule has 0 saturated carbocycles. The molecule has 3 N–H and O–H groups in total. The zero-order valence-electron chi connectivity index (χ0n) is 16.4. The van der Waals surface area contributed by atoms with Crippen LogP contribution in [0.15, 0.2) is 36.4 Å². The van der Waals surface area contributed by atoms with Crippen molar-refractivity contribution in [3.05, 3.63) is 59.2 Å². The first-order valence-electron chi connectivity index (χ1n) is 9.55. The fourth-order valence-corrected chi connectivity index (χ4v) is 3.25. The molecule has 1 fully saturated rings. The summed E-state index contributed by atoms with van der Waals surface area (Å²) in [5, 5.41) is 21.7. The van der Waals surface area contributed by atoms with E-state index in [0.717, 1.165) is 50.7 Å². The summed E-state index contributed by atoms with van der Waals surface area (Å²) in [5.74, 6) is -2.06. The maximum absolute atomic E-state index is 11.1. The van der Waals surface area contributed by atoms with Gasteiger partial charge in [-0.25, -0.2) is 19.6 Å². The Balaban J connectivity index is 0.00000320. The van der Waals surface area contributed by atoms with E-state index < -0.39 is 11.9 Å². The van der Waals surface area contributed by atoms with Crippen LogP contribution < -0.4 is 5.32 Å². The summed E-state index contributed by atoms with van der Waals surface area (Å²) >= 11 is 0. The summed E-state index contributed by atoms with van der Waals surface area (Å²) in [6.07, 6.45) is 0. The second-order valence-corrected chi connectivity index (χ2v) is 6.94. The van der Waals surface area contributed by atoms with Gasteiger partial charge in [0, 0.05) is 89.2 Å². The van der Waals surface area contributed by atoms with Crippen LogP contribution in [-0.2, 0) is 13.1 Å². The number of carboxylic acids is 2. The molecule has 3 heterocycles. The van der Waals surface area contributed by atoms with Crippen molar-refractivity contribution in [1.82, 2.24) is 25.1 Å². The number of nitrogens with one attached hydrogen (secondary N) is 1. The Morgan fingerprint density at radius 2 is 1.23 bits per heavy atom. The van der Waals surface area contributed by atoms with Gasteiger partial charge in [0.2, 0.25) is 0 Å². The van der Waals surface area contributed by atoms with Crippen molar-refractivity contribution in [3.63, 3.8) is 0 Å². The maximum Gasteiger partial charge on any atom is 0.354 e. The summed E-state index contributed by atoms with van der Waals surface area (Å²) in [4.78, 5) is 35.2. The van der Waals surface area contributed by atoms with Crippen molar-refractivity contribution in [2.45, 2.75) is 13.1 Å². The number of aromatic nitrogens is 2. The molecule has 1 saturated heterocycles. The van der Waals surface area contributed by atoms with Gasteiger partial charge in [-0.3, -0.25) is 9.80 Å². The zero-order valence-corrected chi connectivity index (χ0v) is 18.0. The van der Waals surface area contributed by atoms with E-state index in [1.54, 1.807) is 12.1 Å². The van der Waals surface area contributed by atoms with Gasteiger partial charge in [-0.05, 0) is 24.3 Å². The van der Waals surface area contributed by atoms with E-state index in [1.165, 1.54) is 12.1 Å². The van der Waals surface area contributed by atoms with Gasteiger partial charge >= 0.3 is 11.9 Å². The second kappa shape index (κ2) is 12.3. The Kier molecular flexibility index (Phi) is 10.1.